The normalized spacial score (nSPS) is 10.8. The molecule has 0 fully saturated rings. The number of thiazole rings is 1. The Kier molecular flexibility index (Phi) is 8.10. The molecule has 0 bridgehead atoms. The van der Waals surface area contributed by atoms with Crippen LogP contribution in [0.3, 0.4) is 0 Å². The molecule has 0 saturated carbocycles. The molecule has 1 N–H and O–H groups in total. The molecule has 0 aliphatic carbocycles. The summed E-state index contributed by atoms with van der Waals surface area (Å²) in [5.74, 6) is 0.619. The summed E-state index contributed by atoms with van der Waals surface area (Å²) in [6.45, 7) is 4.98. The summed E-state index contributed by atoms with van der Waals surface area (Å²) < 4.78 is 5.69. The van der Waals surface area contributed by atoms with E-state index in [0.717, 1.165) is 42.7 Å². The van der Waals surface area contributed by atoms with Crippen LogP contribution in [0.1, 0.15) is 48.3 Å². The zero-order valence-electron chi connectivity index (χ0n) is 19.7. The highest BCUT2D eigenvalue weighted by molar-refractivity contribution is 7.16. The molecule has 1 amide bonds. The van der Waals surface area contributed by atoms with Gasteiger partial charge >= 0.3 is 0 Å². The van der Waals surface area contributed by atoms with E-state index >= 15 is 0 Å². The molecular weight excluding hydrogens is 440 g/mol. The third-order valence-electron chi connectivity index (χ3n) is 5.54. The topological polar surface area (TPSA) is 51.2 Å². The van der Waals surface area contributed by atoms with Crippen molar-refractivity contribution in [3.8, 4) is 28.1 Å². The molecule has 1 aromatic heterocycles. The zero-order chi connectivity index (χ0) is 23.8. The van der Waals surface area contributed by atoms with Gasteiger partial charge in [0.25, 0.3) is 5.91 Å². The van der Waals surface area contributed by atoms with Gasteiger partial charge in [-0.1, -0.05) is 81.3 Å². The first-order valence-corrected chi connectivity index (χ1v) is 12.7. The van der Waals surface area contributed by atoms with Crippen molar-refractivity contribution in [1.29, 1.82) is 0 Å². The number of amides is 1. The lowest BCUT2D eigenvalue weighted by Gasteiger charge is -2.06. The standard InChI is InChI=1S/C29H30N2O2S/c1-3-5-20-33-25-18-16-24(17-19-25)28(32)31-29-30-27(26(34-29)9-4-2)23-14-12-22(13-15-23)21-10-7-6-8-11-21/h6-8,10-19H,3-5,9,20H2,1-2H3,(H,30,31,32). The maximum absolute atomic E-state index is 12.8. The quantitative estimate of drug-likeness (QED) is 0.240. The van der Waals surface area contributed by atoms with Crippen LogP contribution in [-0.2, 0) is 6.42 Å². The van der Waals surface area contributed by atoms with Crippen molar-refractivity contribution in [2.75, 3.05) is 11.9 Å². The number of benzene rings is 3. The number of nitrogens with one attached hydrogen (secondary N) is 1. The minimum absolute atomic E-state index is 0.164. The minimum atomic E-state index is -0.164. The number of hydrogen-bond acceptors (Lipinski definition) is 4. The van der Waals surface area contributed by atoms with Gasteiger partial charge in [-0.25, -0.2) is 4.98 Å². The molecule has 3 aromatic carbocycles. The molecule has 4 nitrogen and oxygen atoms in total. The SMILES string of the molecule is CCCCOc1ccc(C(=O)Nc2nc(-c3ccc(-c4ccccc4)cc3)c(CCC)s2)cc1. The highest BCUT2D eigenvalue weighted by Crippen LogP contribution is 2.33. The summed E-state index contributed by atoms with van der Waals surface area (Å²) in [6, 6.07) is 26.1. The lowest BCUT2D eigenvalue weighted by atomic mass is 10.0. The first kappa shape index (κ1) is 23.7. The molecule has 34 heavy (non-hydrogen) atoms. The van der Waals surface area contributed by atoms with Crippen LogP contribution >= 0.6 is 11.3 Å². The number of unbranched alkanes of at least 4 members (excludes halogenated alkanes) is 1. The summed E-state index contributed by atoms with van der Waals surface area (Å²) in [4.78, 5) is 18.8. The summed E-state index contributed by atoms with van der Waals surface area (Å²) in [6.07, 6.45) is 4.05. The van der Waals surface area contributed by atoms with Gasteiger partial charge in [-0.3, -0.25) is 10.1 Å². The second-order valence-corrected chi connectivity index (χ2v) is 9.25. The molecule has 0 aliphatic heterocycles. The summed E-state index contributed by atoms with van der Waals surface area (Å²) in [5.41, 5.74) is 4.96. The Morgan fingerprint density at radius 1 is 0.853 bits per heavy atom. The van der Waals surface area contributed by atoms with Gasteiger partial charge in [0.1, 0.15) is 5.75 Å². The summed E-state index contributed by atoms with van der Waals surface area (Å²) >= 11 is 1.55. The van der Waals surface area contributed by atoms with Crippen molar-refractivity contribution in [3.63, 3.8) is 0 Å². The fraction of sp³-hybridized carbons (Fsp3) is 0.241. The Hall–Kier alpha value is -3.44. The lowest BCUT2D eigenvalue weighted by molar-refractivity contribution is 0.102. The van der Waals surface area contributed by atoms with Crippen molar-refractivity contribution in [3.05, 3.63) is 89.3 Å². The number of anilines is 1. The number of ether oxygens (including phenoxy) is 1. The second kappa shape index (κ2) is 11.6. The molecule has 174 valence electrons. The highest BCUT2D eigenvalue weighted by atomic mass is 32.1. The van der Waals surface area contributed by atoms with E-state index in [4.69, 9.17) is 9.72 Å². The average Bonchev–Trinajstić information content (AvgIpc) is 3.27. The van der Waals surface area contributed by atoms with Crippen LogP contribution in [-0.4, -0.2) is 17.5 Å². The Morgan fingerprint density at radius 3 is 2.21 bits per heavy atom. The van der Waals surface area contributed by atoms with Crippen LogP contribution in [0.5, 0.6) is 5.75 Å². The third kappa shape index (κ3) is 5.91. The van der Waals surface area contributed by atoms with Crippen molar-refractivity contribution < 1.29 is 9.53 Å². The highest BCUT2D eigenvalue weighted by Gasteiger charge is 2.15. The van der Waals surface area contributed by atoms with Crippen LogP contribution in [0.4, 0.5) is 5.13 Å². The van der Waals surface area contributed by atoms with E-state index in [0.29, 0.717) is 17.3 Å². The predicted octanol–water partition coefficient (Wildman–Crippen LogP) is 7.86. The smallest absolute Gasteiger partial charge is 0.257 e. The van der Waals surface area contributed by atoms with E-state index in [2.05, 4.69) is 55.6 Å². The molecule has 0 atom stereocenters. The number of nitrogens with zero attached hydrogens (tertiary/aromatic N) is 1. The first-order chi connectivity index (χ1) is 16.7. The molecule has 4 rings (SSSR count). The predicted molar refractivity (Wildman–Crippen MR) is 142 cm³/mol. The van der Waals surface area contributed by atoms with Crippen molar-refractivity contribution >= 4 is 22.4 Å². The Balaban J connectivity index is 1.49. The number of aromatic nitrogens is 1. The molecule has 0 saturated heterocycles. The van der Waals surface area contributed by atoms with Crippen LogP contribution in [0.2, 0.25) is 0 Å². The second-order valence-electron chi connectivity index (χ2n) is 8.16. The van der Waals surface area contributed by atoms with Crippen molar-refractivity contribution in [1.82, 2.24) is 4.98 Å². The number of rotatable bonds is 10. The van der Waals surface area contributed by atoms with Gasteiger partial charge < -0.3 is 4.74 Å². The largest absolute Gasteiger partial charge is 0.494 e. The fourth-order valence-electron chi connectivity index (χ4n) is 3.68. The van der Waals surface area contributed by atoms with Gasteiger partial charge in [-0.2, -0.15) is 0 Å². The fourth-order valence-corrected chi connectivity index (χ4v) is 4.76. The lowest BCUT2D eigenvalue weighted by Crippen LogP contribution is -2.11. The van der Waals surface area contributed by atoms with Gasteiger partial charge in [-0.15, -0.1) is 11.3 Å². The van der Waals surface area contributed by atoms with Crippen LogP contribution in [0.15, 0.2) is 78.9 Å². The van der Waals surface area contributed by atoms with E-state index in [1.165, 1.54) is 16.0 Å². The van der Waals surface area contributed by atoms with Gasteiger partial charge in [0.15, 0.2) is 5.13 Å². The number of hydrogen-bond donors (Lipinski definition) is 1. The van der Waals surface area contributed by atoms with E-state index in [9.17, 15) is 4.79 Å². The minimum Gasteiger partial charge on any atom is -0.494 e. The van der Waals surface area contributed by atoms with Gasteiger partial charge in [0.05, 0.1) is 12.3 Å². The van der Waals surface area contributed by atoms with Crippen LogP contribution in [0, 0.1) is 0 Å². The maximum atomic E-state index is 12.8. The van der Waals surface area contributed by atoms with Crippen molar-refractivity contribution in [2.45, 2.75) is 39.5 Å². The van der Waals surface area contributed by atoms with Gasteiger partial charge in [0, 0.05) is 16.0 Å². The number of aryl methyl sites for hydroxylation is 1. The van der Waals surface area contributed by atoms with E-state index in [1.807, 2.05) is 30.3 Å². The van der Waals surface area contributed by atoms with Gasteiger partial charge in [-0.05, 0) is 48.2 Å². The molecule has 4 aromatic rings. The van der Waals surface area contributed by atoms with Crippen molar-refractivity contribution in [2.24, 2.45) is 0 Å². The Labute approximate surface area is 205 Å². The molecule has 0 unspecified atom stereocenters. The monoisotopic (exact) mass is 470 g/mol. The molecule has 5 heteroatoms. The maximum Gasteiger partial charge on any atom is 0.257 e. The molecule has 0 spiro atoms. The summed E-state index contributed by atoms with van der Waals surface area (Å²) in [7, 11) is 0. The van der Waals surface area contributed by atoms with E-state index in [1.54, 1.807) is 23.5 Å². The number of carbonyl (C=O) groups is 1. The first-order valence-electron chi connectivity index (χ1n) is 11.9. The molecular formula is C29H30N2O2S. The zero-order valence-corrected chi connectivity index (χ0v) is 20.5. The summed E-state index contributed by atoms with van der Waals surface area (Å²) in [5, 5.41) is 3.61. The average molecular weight is 471 g/mol. The van der Waals surface area contributed by atoms with Crippen LogP contribution < -0.4 is 10.1 Å². The van der Waals surface area contributed by atoms with Gasteiger partial charge in [0.2, 0.25) is 0 Å². The number of carbonyl (C=O) groups excluding carboxylic acids is 1. The molecule has 0 aliphatic rings. The van der Waals surface area contributed by atoms with E-state index < -0.39 is 0 Å². The molecule has 0 radical (unpaired) electrons. The Bertz CT molecular complexity index is 1200. The molecule has 1 heterocycles. The third-order valence-corrected chi connectivity index (χ3v) is 6.57. The Morgan fingerprint density at radius 2 is 1.53 bits per heavy atom. The van der Waals surface area contributed by atoms with Crippen LogP contribution in [0.25, 0.3) is 22.4 Å². The van der Waals surface area contributed by atoms with E-state index in [-0.39, 0.29) is 5.91 Å².